The van der Waals surface area contributed by atoms with Crippen molar-refractivity contribution in [3.63, 3.8) is 0 Å². The van der Waals surface area contributed by atoms with E-state index in [4.69, 9.17) is 0 Å². The Morgan fingerprint density at radius 3 is 2.27 bits per heavy atom. The molecule has 0 aromatic carbocycles. The van der Waals surface area contributed by atoms with Gasteiger partial charge in [0.25, 0.3) is 5.91 Å². The van der Waals surface area contributed by atoms with Crippen LogP contribution in [0, 0.1) is 13.8 Å². The van der Waals surface area contributed by atoms with Crippen LogP contribution >= 0.6 is 0 Å². The zero-order valence-corrected chi connectivity index (χ0v) is 15.8. The van der Waals surface area contributed by atoms with E-state index in [1.807, 2.05) is 0 Å². The lowest BCUT2D eigenvalue weighted by Crippen LogP contribution is -2.49. The summed E-state index contributed by atoms with van der Waals surface area (Å²) in [7, 11) is 1.65. The number of aromatic nitrogens is 1. The first-order valence-electron chi connectivity index (χ1n) is 9.04. The second-order valence-electron chi connectivity index (χ2n) is 7.43. The van der Waals surface area contributed by atoms with Gasteiger partial charge in [-0.3, -0.25) is 19.3 Å². The van der Waals surface area contributed by atoms with Crippen LogP contribution in [0.4, 0.5) is 4.79 Å². The van der Waals surface area contributed by atoms with Gasteiger partial charge in [-0.2, -0.15) is 0 Å². The van der Waals surface area contributed by atoms with Gasteiger partial charge in [0, 0.05) is 18.3 Å². The van der Waals surface area contributed by atoms with Crippen molar-refractivity contribution in [2.24, 2.45) is 0 Å². The molecule has 1 aliphatic heterocycles. The van der Waals surface area contributed by atoms with E-state index in [9.17, 15) is 19.2 Å². The van der Waals surface area contributed by atoms with Crippen molar-refractivity contribution in [3.8, 4) is 0 Å². The molecule has 1 aliphatic carbocycles. The number of imide groups is 1. The number of nitrogens with one attached hydrogen (secondary N) is 1. The zero-order valence-electron chi connectivity index (χ0n) is 15.8. The average Bonchev–Trinajstić information content (AvgIpc) is 2.99. The third-order valence-electron chi connectivity index (χ3n) is 5.85. The molecular weight excluding hydrogens is 334 g/mol. The standard InChI is InChI=1S/C19H25N3O4/c1-11-15(13(3)23)12(2)20-16(11)14(24)10-22-17(25)19(21(4)18(22)26)8-6-5-7-9-19/h20H,5-10H2,1-4H3. The minimum absolute atomic E-state index is 0.121. The van der Waals surface area contributed by atoms with Gasteiger partial charge in [0.2, 0.25) is 0 Å². The number of ketones is 2. The molecule has 0 radical (unpaired) electrons. The first-order chi connectivity index (χ1) is 12.2. The molecule has 3 rings (SSSR count). The molecular formula is C19H25N3O4. The molecule has 26 heavy (non-hydrogen) atoms. The Bertz CT molecular complexity index is 802. The van der Waals surface area contributed by atoms with Crippen molar-refractivity contribution in [2.75, 3.05) is 13.6 Å². The molecule has 0 bridgehead atoms. The van der Waals surface area contributed by atoms with Crippen molar-refractivity contribution in [3.05, 3.63) is 22.5 Å². The number of hydrogen-bond donors (Lipinski definition) is 1. The largest absolute Gasteiger partial charge is 0.355 e. The van der Waals surface area contributed by atoms with E-state index >= 15 is 0 Å². The lowest BCUT2D eigenvalue weighted by Gasteiger charge is -2.35. The van der Waals surface area contributed by atoms with Crippen LogP contribution in [0.1, 0.15) is 71.1 Å². The van der Waals surface area contributed by atoms with Crippen LogP contribution < -0.4 is 0 Å². The minimum atomic E-state index is -0.791. The smallest absolute Gasteiger partial charge is 0.327 e. The van der Waals surface area contributed by atoms with Crippen molar-refractivity contribution < 1.29 is 19.2 Å². The number of H-pyrrole nitrogens is 1. The highest BCUT2D eigenvalue weighted by molar-refractivity contribution is 6.11. The van der Waals surface area contributed by atoms with Crippen LogP contribution in [0.5, 0.6) is 0 Å². The summed E-state index contributed by atoms with van der Waals surface area (Å²) in [5.74, 6) is -0.753. The van der Waals surface area contributed by atoms with Crippen LogP contribution in [-0.2, 0) is 4.79 Å². The molecule has 1 aromatic heterocycles. The molecule has 7 nitrogen and oxygen atoms in total. The van der Waals surface area contributed by atoms with Gasteiger partial charge in [-0.25, -0.2) is 4.79 Å². The highest BCUT2D eigenvalue weighted by atomic mass is 16.2. The summed E-state index contributed by atoms with van der Waals surface area (Å²) < 4.78 is 0. The van der Waals surface area contributed by atoms with Gasteiger partial charge < -0.3 is 9.88 Å². The molecule has 140 valence electrons. The summed E-state index contributed by atoms with van der Waals surface area (Å²) in [6, 6.07) is -0.419. The fraction of sp³-hybridized carbons (Fsp3) is 0.579. The van der Waals surface area contributed by atoms with E-state index in [0.29, 0.717) is 35.4 Å². The molecule has 1 saturated heterocycles. The first kappa shape index (κ1) is 18.4. The van der Waals surface area contributed by atoms with E-state index in [1.54, 1.807) is 20.9 Å². The SMILES string of the molecule is CC(=O)c1c(C)[nH]c(C(=O)CN2C(=O)N(C)C3(CCCCC3)C2=O)c1C. The summed E-state index contributed by atoms with van der Waals surface area (Å²) in [6.07, 6.45) is 4.16. The molecule has 7 heteroatoms. The summed E-state index contributed by atoms with van der Waals surface area (Å²) in [4.78, 5) is 55.7. The topological polar surface area (TPSA) is 90.6 Å². The molecule has 0 atom stereocenters. The van der Waals surface area contributed by atoms with Crippen LogP contribution in [-0.4, -0.2) is 57.4 Å². The highest BCUT2D eigenvalue weighted by Crippen LogP contribution is 2.39. The summed E-state index contributed by atoms with van der Waals surface area (Å²) in [6.45, 7) is 4.59. The number of likely N-dealkylation sites (N-methyl/N-ethyl adjacent to an activating group) is 1. The van der Waals surface area contributed by atoms with E-state index in [-0.39, 0.29) is 24.0 Å². The van der Waals surface area contributed by atoms with Gasteiger partial charge in [0.1, 0.15) is 5.54 Å². The lowest BCUT2D eigenvalue weighted by molar-refractivity contribution is -0.134. The molecule has 2 aliphatic rings. The summed E-state index contributed by atoms with van der Waals surface area (Å²) in [5.41, 5.74) is 1.19. The monoisotopic (exact) mass is 359 g/mol. The number of hydrogen-bond acceptors (Lipinski definition) is 4. The van der Waals surface area contributed by atoms with E-state index < -0.39 is 11.6 Å². The lowest BCUT2D eigenvalue weighted by atomic mass is 9.81. The molecule has 1 N–H and O–H groups in total. The Balaban J connectivity index is 1.86. The molecule has 2 heterocycles. The average molecular weight is 359 g/mol. The number of nitrogens with zero attached hydrogens (tertiary/aromatic N) is 2. The number of rotatable bonds is 4. The second kappa shape index (κ2) is 6.37. The zero-order chi connectivity index (χ0) is 19.2. The Morgan fingerprint density at radius 2 is 1.73 bits per heavy atom. The van der Waals surface area contributed by atoms with Crippen LogP contribution in [0.15, 0.2) is 0 Å². The van der Waals surface area contributed by atoms with Crippen LogP contribution in [0.25, 0.3) is 0 Å². The number of aryl methyl sites for hydroxylation is 1. The number of carbonyl (C=O) groups is 4. The maximum absolute atomic E-state index is 13.0. The molecule has 1 aromatic rings. The Labute approximate surface area is 152 Å². The number of amides is 3. The van der Waals surface area contributed by atoms with Crippen molar-refractivity contribution in [1.82, 2.24) is 14.8 Å². The first-order valence-corrected chi connectivity index (χ1v) is 9.04. The number of Topliss-reactive ketones (excluding diaryl/α,β-unsaturated/α-hetero) is 2. The maximum Gasteiger partial charge on any atom is 0.327 e. The van der Waals surface area contributed by atoms with Gasteiger partial charge in [-0.1, -0.05) is 19.3 Å². The van der Waals surface area contributed by atoms with Gasteiger partial charge in [-0.15, -0.1) is 0 Å². The van der Waals surface area contributed by atoms with Gasteiger partial charge in [-0.05, 0) is 39.2 Å². The minimum Gasteiger partial charge on any atom is -0.355 e. The van der Waals surface area contributed by atoms with E-state index in [2.05, 4.69) is 4.98 Å². The van der Waals surface area contributed by atoms with Gasteiger partial charge >= 0.3 is 6.03 Å². The quantitative estimate of drug-likeness (QED) is 0.661. The van der Waals surface area contributed by atoms with Crippen LogP contribution in [0.2, 0.25) is 0 Å². The Morgan fingerprint density at radius 1 is 1.12 bits per heavy atom. The number of aromatic amines is 1. The summed E-state index contributed by atoms with van der Waals surface area (Å²) >= 11 is 0. The van der Waals surface area contributed by atoms with E-state index in [1.165, 1.54) is 11.8 Å². The van der Waals surface area contributed by atoms with Crippen molar-refractivity contribution in [1.29, 1.82) is 0 Å². The van der Waals surface area contributed by atoms with Gasteiger partial charge in [0.05, 0.1) is 12.2 Å². The predicted octanol–water partition coefficient (Wildman–Crippen LogP) is 2.61. The Kier molecular flexibility index (Phi) is 4.50. The summed E-state index contributed by atoms with van der Waals surface area (Å²) in [5, 5.41) is 0. The number of urea groups is 1. The number of carbonyl (C=O) groups excluding carboxylic acids is 4. The normalized spacial score (nSPS) is 19.5. The molecule has 2 fully saturated rings. The van der Waals surface area contributed by atoms with Gasteiger partial charge in [0.15, 0.2) is 11.6 Å². The molecule has 1 spiro atoms. The molecule has 0 unspecified atom stereocenters. The van der Waals surface area contributed by atoms with E-state index in [0.717, 1.165) is 24.2 Å². The third kappa shape index (κ3) is 2.57. The molecule has 3 amide bonds. The predicted molar refractivity (Wildman–Crippen MR) is 95.3 cm³/mol. The third-order valence-corrected chi connectivity index (χ3v) is 5.85. The Hall–Kier alpha value is -2.44. The fourth-order valence-corrected chi connectivity index (χ4v) is 4.45. The van der Waals surface area contributed by atoms with Crippen molar-refractivity contribution in [2.45, 2.75) is 58.4 Å². The maximum atomic E-state index is 13.0. The second-order valence-corrected chi connectivity index (χ2v) is 7.43. The van der Waals surface area contributed by atoms with Crippen LogP contribution in [0.3, 0.4) is 0 Å². The van der Waals surface area contributed by atoms with Crippen molar-refractivity contribution >= 4 is 23.5 Å². The fourth-order valence-electron chi connectivity index (χ4n) is 4.45. The highest BCUT2D eigenvalue weighted by Gasteiger charge is 2.55. The molecule has 1 saturated carbocycles.